The van der Waals surface area contributed by atoms with E-state index >= 15 is 0 Å². The number of aryl methyl sites for hydroxylation is 1. The number of nitrogens with one attached hydrogen (secondary N) is 1. The fourth-order valence-corrected chi connectivity index (χ4v) is 2.03. The summed E-state index contributed by atoms with van der Waals surface area (Å²) in [4.78, 5) is 3.94. The minimum atomic E-state index is -0.333. The van der Waals surface area contributed by atoms with Crippen molar-refractivity contribution in [2.75, 3.05) is 11.9 Å². The molecule has 0 aliphatic carbocycles. The van der Waals surface area contributed by atoms with Gasteiger partial charge in [-0.15, -0.1) is 10.2 Å². The summed E-state index contributed by atoms with van der Waals surface area (Å²) in [7, 11) is 0. The van der Waals surface area contributed by atoms with Crippen molar-refractivity contribution in [1.82, 2.24) is 19.6 Å². The van der Waals surface area contributed by atoms with Crippen LogP contribution in [0.4, 0.5) is 10.2 Å². The van der Waals surface area contributed by atoms with E-state index in [-0.39, 0.29) is 5.82 Å². The second kappa shape index (κ2) is 5.64. The van der Waals surface area contributed by atoms with Crippen molar-refractivity contribution in [3.8, 4) is 0 Å². The maximum absolute atomic E-state index is 13.3. The summed E-state index contributed by atoms with van der Waals surface area (Å²) < 4.78 is 15.3. The zero-order valence-electron chi connectivity index (χ0n) is 10.8. The molecule has 102 valence electrons. The van der Waals surface area contributed by atoms with Crippen LogP contribution in [0.5, 0.6) is 0 Å². The third kappa shape index (κ3) is 2.59. The molecule has 0 amide bonds. The molecule has 0 fully saturated rings. The molecule has 5 nitrogen and oxygen atoms in total. The van der Waals surface area contributed by atoms with Crippen LogP contribution in [-0.2, 0) is 6.42 Å². The van der Waals surface area contributed by atoms with Crippen LogP contribution in [0, 0.1) is 5.82 Å². The molecule has 3 aromatic rings. The molecule has 3 rings (SSSR count). The van der Waals surface area contributed by atoms with Gasteiger partial charge >= 0.3 is 0 Å². The van der Waals surface area contributed by atoms with Gasteiger partial charge < -0.3 is 5.32 Å². The largest absolute Gasteiger partial charge is 0.368 e. The van der Waals surface area contributed by atoms with Crippen molar-refractivity contribution in [2.45, 2.75) is 12.8 Å². The van der Waals surface area contributed by atoms with Gasteiger partial charge in [-0.3, -0.25) is 4.40 Å². The van der Waals surface area contributed by atoms with E-state index < -0.39 is 0 Å². The molecule has 6 heteroatoms. The Balaban J connectivity index is 1.57. The molecule has 0 unspecified atom stereocenters. The number of rotatable bonds is 5. The van der Waals surface area contributed by atoms with Crippen LogP contribution < -0.4 is 5.32 Å². The molecule has 0 atom stereocenters. The predicted molar refractivity (Wildman–Crippen MR) is 74.0 cm³/mol. The lowest BCUT2D eigenvalue weighted by Gasteiger charge is -2.05. The number of nitrogens with zero attached hydrogens (tertiary/aromatic N) is 4. The van der Waals surface area contributed by atoms with Gasteiger partial charge in [0.1, 0.15) is 5.82 Å². The highest BCUT2D eigenvalue weighted by atomic mass is 19.1. The summed E-state index contributed by atoms with van der Waals surface area (Å²) in [6, 6.07) is 8.75. The number of anilines is 1. The molecule has 0 saturated carbocycles. The number of halogens is 1. The molecular weight excluding hydrogens is 257 g/mol. The van der Waals surface area contributed by atoms with Gasteiger partial charge in [-0.05, 0) is 30.7 Å². The fourth-order valence-electron chi connectivity index (χ4n) is 2.03. The summed E-state index contributed by atoms with van der Waals surface area (Å²) in [5.41, 5.74) is 0.839. The quantitative estimate of drug-likeness (QED) is 0.723. The monoisotopic (exact) mass is 271 g/mol. The van der Waals surface area contributed by atoms with Crippen LogP contribution in [0.3, 0.4) is 0 Å². The number of fused-ring (bicyclic) bond motifs is 1. The summed E-state index contributed by atoms with van der Waals surface area (Å²) >= 11 is 0. The highest BCUT2D eigenvalue weighted by molar-refractivity contribution is 5.37. The van der Waals surface area contributed by atoms with Crippen LogP contribution >= 0.6 is 0 Å². The first kappa shape index (κ1) is 12.5. The predicted octanol–water partition coefficient (Wildman–Crippen LogP) is 2.31. The molecule has 1 N–H and O–H groups in total. The molecule has 3 aromatic heterocycles. The van der Waals surface area contributed by atoms with Crippen LogP contribution in [0.25, 0.3) is 5.65 Å². The van der Waals surface area contributed by atoms with Crippen molar-refractivity contribution in [3.05, 3.63) is 54.4 Å². The Bertz CT molecular complexity index is 709. The summed E-state index contributed by atoms with van der Waals surface area (Å²) in [6.07, 6.45) is 5.10. The van der Waals surface area contributed by atoms with Crippen molar-refractivity contribution in [3.63, 3.8) is 0 Å². The number of hydrogen-bond donors (Lipinski definition) is 1. The van der Waals surface area contributed by atoms with Gasteiger partial charge in [0, 0.05) is 25.4 Å². The van der Waals surface area contributed by atoms with E-state index in [1.54, 1.807) is 12.3 Å². The third-order valence-corrected chi connectivity index (χ3v) is 3.01. The van der Waals surface area contributed by atoms with E-state index in [2.05, 4.69) is 20.5 Å². The maximum Gasteiger partial charge on any atom is 0.165 e. The topological polar surface area (TPSA) is 55.1 Å². The molecule has 20 heavy (non-hydrogen) atoms. The van der Waals surface area contributed by atoms with E-state index in [1.807, 2.05) is 28.8 Å². The van der Waals surface area contributed by atoms with E-state index in [1.165, 1.54) is 6.07 Å². The van der Waals surface area contributed by atoms with Gasteiger partial charge in [-0.2, -0.15) is 0 Å². The van der Waals surface area contributed by atoms with Crippen LogP contribution in [-0.4, -0.2) is 26.1 Å². The van der Waals surface area contributed by atoms with E-state index in [0.29, 0.717) is 12.4 Å². The normalized spacial score (nSPS) is 10.8. The number of aromatic nitrogens is 4. The summed E-state index contributed by atoms with van der Waals surface area (Å²) in [6.45, 7) is 0.635. The van der Waals surface area contributed by atoms with Gasteiger partial charge in [0.25, 0.3) is 0 Å². The Labute approximate surface area is 115 Å². The lowest BCUT2D eigenvalue weighted by atomic mass is 10.3. The van der Waals surface area contributed by atoms with Gasteiger partial charge in [0.2, 0.25) is 0 Å². The molecule has 0 aliphatic heterocycles. The summed E-state index contributed by atoms with van der Waals surface area (Å²) in [5, 5.41) is 11.2. The fraction of sp³-hybridized carbons (Fsp3) is 0.214. The molecule has 0 spiro atoms. The number of hydrogen-bond acceptors (Lipinski definition) is 4. The Hall–Kier alpha value is -2.50. The van der Waals surface area contributed by atoms with Gasteiger partial charge in [-0.1, -0.05) is 6.07 Å². The molecule has 0 bridgehead atoms. The van der Waals surface area contributed by atoms with Crippen molar-refractivity contribution >= 4 is 11.5 Å². The molecule has 0 aliphatic rings. The van der Waals surface area contributed by atoms with Crippen molar-refractivity contribution < 1.29 is 4.39 Å². The molecule has 0 saturated heterocycles. The maximum atomic E-state index is 13.3. The lowest BCUT2D eigenvalue weighted by molar-refractivity contribution is 0.623. The van der Waals surface area contributed by atoms with Crippen LogP contribution in [0.15, 0.2) is 42.7 Å². The molecular formula is C14H14FN5. The first-order valence-corrected chi connectivity index (χ1v) is 6.47. The highest BCUT2D eigenvalue weighted by Crippen LogP contribution is 2.09. The Morgan fingerprint density at radius 1 is 1.15 bits per heavy atom. The average molecular weight is 271 g/mol. The Kier molecular flexibility index (Phi) is 3.54. The highest BCUT2D eigenvalue weighted by Gasteiger charge is 2.05. The average Bonchev–Trinajstić information content (AvgIpc) is 2.89. The Morgan fingerprint density at radius 3 is 3.00 bits per heavy atom. The van der Waals surface area contributed by atoms with Crippen molar-refractivity contribution in [1.29, 1.82) is 0 Å². The summed E-state index contributed by atoms with van der Waals surface area (Å²) in [5.74, 6) is 0.864. The van der Waals surface area contributed by atoms with Crippen LogP contribution in [0.2, 0.25) is 0 Å². The van der Waals surface area contributed by atoms with E-state index in [9.17, 15) is 4.39 Å². The van der Waals surface area contributed by atoms with Crippen molar-refractivity contribution in [2.24, 2.45) is 0 Å². The first-order valence-electron chi connectivity index (χ1n) is 6.47. The zero-order chi connectivity index (χ0) is 13.8. The third-order valence-electron chi connectivity index (χ3n) is 3.01. The van der Waals surface area contributed by atoms with E-state index in [0.717, 1.165) is 24.3 Å². The lowest BCUT2D eigenvalue weighted by Crippen LogP contribution is -2.07. The van der Waals surface area contributed by atoms with Crippen LogP contribution in [0.1, 0.15) is 12.2 Å². The first-order chi connectivity index (χ1) is 9.84. The zero-order valence-corrected chi connectivity index (χ0v) is 10.8. The molecule has 3 heterocycles. The standard InChI is InChI=1S/C14H14FN5/c15-11-5-3-8-16-14(11)17-9-4-7-13-19-18-12-6-1-2-10-20(12)13/h1-3,5-6,8,10H,4,7,9H2,(H,16,17). The van der Waals surface area contributed by atoms with Gasteiger partial charge in [0.15, 0.2) is 17.3 Å². The smallest absolute Gasteiger partial charge is 0.165 e. The SMILES string of the molecule is Fc1cccnc1NCCCc1nnc2ccccn12. The van der Waals surface area contributed by atoms with Gasteiger partial charge in [0.05, 0.1) is 0 Å². The molecule has 0 aromatic carbocycles. The second-order valence-corrected chi connectivity index (χ2v) is 4.41. The Morgan fingerprint density at radius 2 is 2.10 bits per heavy atom. The van der Waals surface area contributed by atoms with E-state index in [4.69, 9.17) is 0 Å². The second-order valence-electron chi connectivity index (χ2n) is 4.41. The molecule has 0 radical (unpaired) electrons. The van der Waals surface area contributed by atoms with Gasteiger partial charge in [-0.25, -0.2) is 9.37 Å². The minimum Gasteiger partial charge on any atom is -0.368 e. The number of pyridine rings is 2. The minimum absolute atomic E-state index is 0.290.